The van der Waals surface area contributed by atoms with Crippen molar-refractivity contribution in [2.75, 3.05) is 38.7 Å². The Balaban J connectivity index is 1.67. The molecule has 0 spiro atoms. The Hall–Kier alpha value is -3.30. The Labute approximate surface area is 193 Å². The van der Waals surface area contributed by atoms with Crippen molar-refractivity contribution in [2.45, 2.75) is 32.4 Å². The van der Waals surface area contributed by atoms with Crippen molar-refractivity contribution in [3.63, 3.8) is 0 Å². The molecule has 0 saturated carbocycles. The number of benzene rings is 1. The summed E-state index contributed by atoms with van der Waals surface area (Å²) in [6.45, 7) is 5.68. The largest absolute Gasteiger partial charge is 0.491 e. The molecule has 0 aliphatic carbocycles. The molecule has 4 rings (SSSR count). The van der Waals surface area contributed by atoms with E-state index in [0.717, 1.165) is 28.1 Å². The van der Waals surface area contributed by atoms with E-state index in [9.17, 15) is 9.90 Å². The van der Waals surface area contributed by atoms with Crippen LogP contribution in [0.4, 0.5) is 5.82 Å². The number of aliphatic imine (C=N–C) groups is 1. The highest BCUT2D eigenvalue weighted by Gasteiger charge is 2.27. The maximum absolute atomic E-state index is 12.0. The summed E-state index contributed by atoms with van der Waals surface area (Å²) in [6.07, 6.45) is -0.0201. The number of hydrogen-bond donors (Lipinski definition) is 3. The van der Waals surface area contributed by atoms with Gasteiger partial charge in [0.05, 0.1) is 18.8 Å². The maximum Gasteiger partial charge on any atom is 0.328 e. The molecule has 9 nitrogen and oxygen atoms in total. The van der Waals surface area contributed by atoms with Gasteiger partial charge in [0.15, 0.2) is 5.82 Å². The van der Waals surface area contributed by atoms with Gasteiger partial charge in [0.2, 0.25) is 0 Å². The third kappa shape index (κ3) is 5.37. The molecule has 2 atom stereocenters. The summed E-state index contributed by atoms with van der Waals surface area (Å²) in [5, 5.41) is 16.0. The number of carbonyl (C=O) groups is 1. The third-order valence-corrected chi connectivity index (χ3v) is 5.56. The van der Waals surface area contributed by atoms with Crippen LogP contribution >= 0.6 is 0 Å². The molecular formula is C24H29N5O4. The summed E-state index contributed by atoms with van der Waals surface area (Å²) in [6, 6.07) is 8.85. The number of likely N-dealkylation sites (N-methyl/N-ethyl adjacent to an activating group) is 1. The van der Waals surface area contributed by atoms with Gasteiger partial charge in [-0.3, -0.25) is 4.99 Å². The summed E-state index contributed by atoms with van der Waals surface area (Å²) in [5.41, 5.74) is 4.58. The predicted octanol–water partition coefficient (Wildman–Crippen LogP) is 2.08. The minimum atomic E-state index is -0.611. The number of hydrogen-bond acceptors (Lipinski definition) is 9. The SMILES string of the molecule is CNCC(O)COc1cccc(-c2nc(NC3CCOC3=O)cc(C3=C(C)CN=C3C)n2)c1. The van der Waals surface area contributed by atoms with Crippen molar-refractivity contribution < 1.29 is 19.4 Å². The van der Waals surface area contributed by atoms with Crippen molar-refractivity contribution in [1.82, 2.24) is 15.3 Å². The first-order valence-corrected chi connectivity index (χ1v) is 11.0. The number of anilines is 1. The van der Waals surface area contributed by atoms with Gasteiger partial charge < -0.3 is 25.2 Å². The molecule has 1 aromatic heterocycles. The number of nitrogens with one attached hydrogen (secondary N) is 2. The van der Waals surface area contributed by atoms with E-state index < -0.39 is 12.1 Å². The molecule has 1 aromatic carbocycles. The number of nitrogens with zero attached hydrogens (tertiary/aromatic N) is 3. The molecule has 1 fully saturated rings. The summed E-state index contributed by atoms with van der Waals surface area (Å²) in [5.74, 6) is 1.39. The molecule has 2 unspecified atom stereocenters. The minimum absolute atomic E-state index is 0.170. The molecule has 0 bridgehead atoms. The lowest BCUT2D eigenvalue weighted by molar-refractivity contribution is -0.138. The molecule has 1 saturated heterocycles. The van der Waals surface area contributed by atoms with Crippen LogP contribution < -0.4 is 15.4 Å². The van der Waals surface area contributed by atoms with Crippen LogP contribution in [0.15, 0.2) is 40.9 Å². The van der Waals surface area contributed by atoms with Gasteiger partial charge in [-0.2, -0.15) is 0 Å². The first-order chi connectivity index (χ1) is 15.9. The normalized spacial score (nSPS) is 18.8. The second-order valence-corrected chi connectivity index (χ2v) is 8.22. The lowest BCUT2D eigenvalue weighted by Gasteiger charge is -2.15. The average molecular weight is 452 g/mol. The van der Waals surface area contributed by atoms with Crippen LogP contribution in [-0.2, 0) is 9.53 Å². The van der Waals surface area contributed by atoms with Crippen molar-refractivity contribution in [2.24, 2.45) is 4.99 Å². The average Bonchev–Trinajstić information content (AvgIpc) is 3.36. The van der Waals surface area contributed by atoms with Crippen LogP contribution in [0.3, 0.4) is 0 Å². The Morgan fingerprint density at radius 3 is 2.82 bits per heavy atom. The number of aromatic nitrogens is 2. The summed E-state index contributed by atoms with van der Waals surface area (Å²) in [7, 11) is 1.78. The zero-order valence-electron chi connectivity index (χ0n) is 19.1. The first kappa shape index (κ1) is 22.9. The van der Waals surface area contributed by atoms with Gasteiger partial charge in [-0.1, -0.05) is 12.1 Å². The van der Waals surface area contributed by atoms with Crippen molar-refractivity contribution in [3.8, 4) is 17.1 Å². The fourth-order valence-corrected chi connectivity index (χ4v) is 3.90. The topological polar surface area (TPSA) is 118 Å². The van der Waals surface area contributed by atoms with Crippen LogP contribution in [0, 0.1) is 0 Å². The van der Waals surface area contributed by atoms with E-state index in [-0.39, 0.29) is 12.6 Å². The van der Waals surface area contributed by atoms with Gasteiger partial charge in [-0.15, -0.1) is 0 Å². The smallest absolute Gasteiger partial charge is 0.328 e. The van der Waals surface area contributed by atoms with Crippen LogP contribution in [0.5, 0.6) is 5.75 Å². The lowest BCUT2D eigenvalue weighted by atomic mass is 10.0. The number of aliphatic hydroxyl groups excluding tert-OH is 1. The van der Waals surface area contributed by atoms with E-state index in [1.54, 1.807) is 7.05 Å². The number of rotatable bonds is 9. The van der Waals surface area contributed by atoms with E-state index in [1.165, 1.54) is 0 Å². The molecule has 3 N–H and O–H groups in total. The molecule has 2 aliphatic heterocycles. The van der Waals surface area contributed by atoms with Crippen LogP contribution in [0.2, 0.25) is 0 Å². The van der Waals surface area contributed by atoms with Crippen LogP contribution in [-0.4, -0.2) is 72.3 Å². The van der Waals surface area contributed by atoms with Crippen molar-refractivity contribution >= 4 is 23.1 Å². The molecule has 9 heteroatoms. The van der Waals surface area contributed by atoms with E-state index in [2.05, 4.69) is 20.6 Å². The number of allylic oxidation sites excluding steroid dienone is 1. The molecule has 174 valence electrons. The third-order valence-electron chi connectivity index (χ3n) is 5.56. The monoisotopic (exact) mass is 451 g/mol. The van der Waals surface area contributed by atoms with Crippen molar-refractivity contribution in [1.29, 1.82) is 0 Å². The van der Waals surface area contributed by atoms with Crippen molar-refractivity contribution in [3.05, 3.63) is 41.6 Å². The highest BCUT2D eigenvalue weighted by Crippen LogP contribution is 2.29. The van der Waals surface area contributed by atoms with E-state index in [4.69, 9.17) is 14.5 Å². The van der Waals surface area contributed by atoms with Gasteiger partial charge in [-0.05, 0) is 38.6 Å². The molecule has 3 heterocycles. The maximum atomic E-state index is 12.0. The Morgan fingerprint density at radius 2 is 2.12 bits per heavy atom. The number of esters is 1. The van der Waals surface area contributed by atoms with Gasteiger partial charge in [0.25, 0.3) is 0 Å². The fraction of sp³-hybridized carbons (Fsp3) is 0.417. The van der Waals surface area contributed by atoms with Gasteiger partial charge in [0, 0.05) is 35.9 Å². The Bertz CT molecular complexity index is 1100. The van der Waals surface area contributed by atoms with Gasteiger partial charge in [0.1, 0.15) is 30.3 Å². The Kier molecular flexibility index (Phi) is 7.00. The highest BCUT2D eigenvalue weighted by atomic mass is 16.5. The molecule has 2 aromatic rings. The first-order valence-electron chi connectivity index (χ1n) is 11.0. The molecule has 0 amide bonds. The van der Waals surface area contributed by atoms with Crippen LogP contribution in [0.1, 0.15) is 26.0 Å². The number of cyclic esters (lactones) is 1. The minimum Gasteiger partial charge on any atom is -0.491 e. The number of carbonyl (C=O) groups excluding carboxylic acids is 1. The van der Waals surface area contributed by atoms with Gasteiger partial charge >= 0.3 is 5.97 Å². The Morgan fingerprint density at radius 1 is 1.27 bits per heavy atom. The van der Waals surface area contributed by atoms with Crippen LogP contribution in [0.25, 0.3) is 17.0 Å². The number of aliphatic hydroxyl groups is 1. The van der Waals surface area contributed by atoms with E-state index in [0.29, 0.717) is 43.5 Å². The summed E-state index contributed by atoms with van der Waals surface area (Å²) < 4.78 is 10.8. The van der Waals surface area contributed by atoms with Gasteiger partial charge in [-0.25, -0.2) is 14.8 Å². The van der Waals surface area contributed by atoms with E-state index >= 15 is 0 Å². The fourth-order valence-electron chi connectivity index (χ4n) is 3.90. The second kappa shape index (κ2) is 10.1. The zero-order valence-corrected chi connectivity index (χ0v) is 19.1. The highest BCUT2D eigenvalue weighted by molar-refractivity contribution is 6.24. The number of ether oxygens (including phenoxy) is 2. The quantitative estimate of drug-likeness (QED) is 0.496. The standard InChI is InChI=1S/C24H29N5O4/c1-14-11-26-15(2)22(14)20-10-21(27-19-7-8-32-24(19)31)29-23(28-20)16-5-4-6-18(9-16)33-13-17(30)12-25-3/h4-6,9-10,17,19,25,30H,7-8,11-13H2,1-3H3,(H,27,28,29). The van der Waals surface area contributed by atoms with E-state index in [1.807, 2.05) is 44.2 Å². The molecular weight excluding hydrogens is 422 g/mol. The summed E-state index contributed by atoms with van der Waals surface area (Å²) >= 11 is 0. The lowest BCUT2D eigenvalue weighted by Crippen LogP contribution is -2.29. The predicted molar refractivity (Wildman–Crippen MR) is 126 cm³/mol. The zero-order chi connectivity index (χ0) is 23.4. The molecule has 0 radical (unpaired) electrons. The second-order valence-electron chi connectivity index (χ2n) is 8.22. The molecule has 2 aliphatic rings. The summed E-state index contributed by atoms with van der Waals surface area (Å²) in [4.78, 5) is 26.0. The molecule has 33 heavy (non-hydrogen) atoms.